The van der Waals surface area contributed by atoms with E-state index in [2.05, 4.69) is 15.3 Å². The Labute approximate surface area is 157 Å². The fraction of sp³-hybridized carbons (Fsp3) is 0.118. The average molecular weight is 386 g/mol. The van der Waals surface area contributed by atoms with Gasteiger partial charge in [0.05, 0.1) is 15.6 Å². The highest BCUT2D eigenvalue weighted by atomic mass is 32.2. The van der Waals surface area contributed by atoms with Crippen LogP contribution < -0.4 is 5.32 Å². The molecule has 0 aliphatic carbocycles. The van der Waals surface area contributed by atoms with E-state index in [0.717, 1.165) is 5.03 Å². The zero-order valence-corrected chi connectivity index (χ0v) is 15.1. The van der Waals surface area contributed by atoms with Gasteiger partial charge in [-0.1, -0.05) is 18.2 Å². The van der Waals surface area contributed by atoms with E-state index in [1.54, 1.807) is 23.7 Å². The summed E-state index contributed by atoms with van der Waals surface area (Å²) in [6, 6.07) is 11.9. The first kappa shape index (κ1) is 18.0. The van der Waals surface area contributed by atoms with Crippen LogP contribution in [-0.2, 0) is 4.79 Å². The second-order valence-electron chi connectivity index (χ2n) is 5.16. The largest absolute Gasteiger partial charge is 0.302 e. The molecule has 0 saturated carbocycles. The van der Waals surface area contributed by atoms with Crippen molar-refractivity contribution in [3.8, 4) is 11.3 Å². The lowest BCUT2D eigenvalue weighted by Gasteiger charge is -2.02. The van der Waals surface area contributed by atoms with Gasteiger partial charge >= 0.3 is 0 Å². The first-order chi connectivity index (χ1) is 12.6. The van der Waals surface area contributed by atoms with Crippen LogP contribution >= 0.6 is 23.1 Å². The zero-order chi connectivity index (χ0) is 18.4. The number of carbonyl (C=O) groups excluding carboxylic acids is 1. The molecule has 9 heteroatoms. The summed E-state index contributed by atoms with van der Waals surface area (Å²) in [5.41, 5.74) is 1.24. The second-order valence-corrected chi connectivity index (χ2v) is 7.13. The van der Waals surface area contributed by atoms with Crippen LogP contribution in [0, 0.1) is 10.1 Å². The summed E-state index contributed by atoms with van der Waals surface area (Å²) in [6.07, 6.45) is 2.06. The first-order valence-corrected chi connectivity index (χ1v) is 9.52. The number of rotatable bonds is 7. The van der Waals surface area contributed by atoms with Gasteiger partial charge < -0.3 is 5.32 Å². The van der Waals surface area contributed by atoms with Crippen molar-refractivity contribution in [3.63, 3.8) is 0 Å². The maximum Gasteiger partial charge on any atom is 0.270 e. The van der Waals surface area contributed by atoms with Crippen molar-refractivity contribution < 1.29 is 9.72 Å². The lowest BCUT2D eigenvalue weighted by atomic mass is 10.1. The van der Waals surface area contributed by atoms with E-state index in [-0.39, 0.29) is 11.6 Å². The SMILES string of the molecule is O=C(CCSc1ccccn1)Nc1nc(-c2cccc([N+](=O)[O-])c2)cs1. The van der Waals surface area contributed by atoms with Gasteiger partial charge in [0.25, 0.3) is 5.69 Å². The predicted octanol–water partition coefficient (Wildman–Crippen LogP) is 4.23. The molecule has 0 aliphatic rings. The van der Waals surface area contributed by atoms with Crippen molar-refractivity contribution in [2.75, 3.05) is 11.1 Å². The third-order valence-electron chi connectivity index (χ3n) is 3.32. The van der Waals surface area contributed by atoms with E-state index >= 15 is 0 Å². The normalized spacial score (nSPS) is 10.5. The van der Waals surface area contributed by atoms with Crippen LogP contribution in [0.5, 0.6) is 0 Å². The Morgan fingerprint density at radius 1 is 1.27 bits per heavy atom. The van der Waals surface area contributed by atoms with E-state index in [1.807, 2.05) is 18.2 Å². The fourth-order valence-electron chi connectivity index (χ4n) is 2.11. The van der Waals surface area contributed by atoms with Crippen LogP contribution in [0.2, 0.25) is 0 Å². The second kappa shape index (κ2) is 8.54. The average Bonchev–Trinajstić information content (AvgIpc) is 3.11. The van der Waals surface area contributed by atoms with Crippen molar-refractivity contribution in [3.05, 3.63) is 64.2 Å². The molecular formula is C17H14N4O3S2. The quantitative estimate of drug-likeness (QED) is 0.371. The monoisotopic (exact) mass is 386 g/mol. The highest BCUT2D eigenvalue weighted by Crippen LogP contribution is 2.27. The van der Waals surface area contributed by atoms with Gasteiger partial charge in [-0.15, -0.1) is 23.1 Å². The number of thioether (sulfide) groups is 1. The van der Waals surface area contributed by atoms with Gasteiger partial charge in [0.2, 0.25) is 5.91 Å². The number of benzene rings is 1. The number of nitrogens with one attached hydrogen (secondary N) is 1. The molecule has 0 aliphatic heterocycles. The predicted molar refractivity (Wildman–Crippen MR) is 102 cm³/mol. The molecule has 26 heavy (non-hydrogen) atoms. The van der Waals surface area contributed by atoms with Crippen LogP contribution in [0.4, 0.5) is 10.8 Å². The lowest BCUT2D eigenvalue weighted by Crippen LogP contribution is -2.11. The molecule has 0 bridgehead atoms. The number of nitro groups is 1. The maximum absolute atomic E-state index is 12.0. The van der Waals surface area contributed by atoms with E-state index < -0.39 is 4.92 Å². The summed E-state index contributed by atoms with van der Waals surface area (Å²) >= 11 is 2.80. The molecule has 2 heterocycles. The molecule has 0 fully saturated rings. The lowest BCUT2D eigenvalue weighted by molar-refractivity contribution is -0.384. The molecule has 0 atom stereocenters. The Hall–Kier alpha value is -2.78. The highest BCUT2D eigenvalue weighted by molar-refractivity contribution is 7.99. The summed E-state index contributed by atoms with van der Waals surface area (Å²) in [7, 11) is 0. The molecule has 1 N–H and O–H groups in total. The van der Waals surface area contributed by atoms with Crippen molar-refractivity contribution in [2.24, 2.45) is 0 Å². The summed E-state index contributed by atoms with van der Waals surface area (Å²) in [5.74, 6) is 0.486. The summed E-state index contributed by atoms with van der Waals surface area (Å²) in [4.78, 5) is 31.0. The number of pyridine rings is 1. The molecule has 0 radical (unpaired) electrons. The van der Waals surface area contributed by atoms with Crippen molar-refractivity contribution >= 4 is 39.8 Å². The van der Waals surface area contributed by atoms with E-state index in [1.165, 1.54) is 35.2 Å². The van der Waals surface area contributed by atoms with Gasteiger partial charge in [0.1, 0.15) is 0 Å². The molecule has 0 spiro atoms. The topological polar surface area (TPSA) is 98.0 Å². The van der Waals surface area contributed by atoms with Crippen molar-refractivity contribution in [2.45, 2.75) is 11.4 Å². The molecule has 132 valence electrons. The van der Waals surface area contributed by atoms with Gasteiger partial charge in [-0.25, -0.2) is 9.97 Å². The molecule has 2 aromatic heterocycles. The van der Waals surface area contributed by atoms with Crippen LogP contribution in [0.15, 0.2) is 59.1 Å². The third kappa shape index (κ3) is 4.87. The van der Waals surface area contributed by atoms with Gasteiger partial charge in [0, 0.05) is 41.4 Å². The highest BCUT2D eigenvalue weighted by Gasteiger charge is 2.11. The van der Waals surface area contributed by atoms with Gasteiger partial charge in [-0.2, -0.15) is 0 Å². The first-order valence-electron chi connectivity index (χ1n) is 7.66. The fourth-order valence-corrected chi connectivity index (χ4v) is 3.65. The van der Waals surface area contributed by atoms with Gasteiger partial charge in [-0.05, 0) is 12.1 Å². The number of aromatic nitrogens is 2. The minimum Gasteiger partial charge on any atom is -0.302 e. The Morgan fingerprint density at radius 3 is 2.92 bits per heavy atom. The number of amides is 1. The zero-order valence-electron chi connectivity index (χ0n) is 13.5. The van der Waals surface area contributed by atoms with Crippen molar-refractivity contribution in [1.29, 1.82) is 0 Å². The number of non-ortho nitro benzene ring substituents is 1. The number of thiazole rings is 1. The molecule has 1 aromatic carbocycles. The van der Waals surface area contributed by atoms with Crippen LogP contribution in [0.3, 0.4) is 0 Å². The maximum atomic E-state index is 12.0. The number of nitrogens with zero attached hydrogens (tertiary/aromatic N) is 3. The molecule has 7 nitrogen and oxygen atoms in total. The van der Waals surface area contributed by atoms with Gasteiger partial charge in [-0.3, -0.25) is 14.9 Å². The minimum atomic E-state index is -0.447. The third-order valence-corrected chi connectivity index (χ3v) is 5.02. The van der Waals surface area contributed by atoms with Crippen LogP contribution in [0.25, 0.3) is 11.3 Å². The van der Waals surface area contributed by atoms with Crippen LogP contribution in [0.1, 0.15) is 6.42 Å². The van der Waals surface area contributed by atoms with E-state index in [0.29, 0.717) is 28.6 Å². The summed E-state index contributed by atoms with van der Waals surface area (Å²) in [6.45, 7) is 0. The Balaban J connectivity index is 1.55. The smallest absolute Gasteiger partial charge is 0.270 e. The molecule has 3 rings (SSSR count). The molecule has 0 saturated heterocycles. The number of nitro benzene ring substituents is 1. The Kier molecular flexibility index (Phi) is 5.92. The molecule has 1 amide bonds. The molecular weight excluding hydrogens is 372 g/mol. The Morgan fingerprint density at radius 2 is 2.15 bits per heavy atom. The summed E-state index contributed by atoms with van der Waals surface area (Å²) < 4.78 is 0. The number of hydrogen-bond acceptors (Lipinski definition) is 7. The molecule has 3 aromatic rings. The van der Waals surface area contributed by atoms with Crippen molar-refractivity contribution in [1.82, 2.24) is 9.97 Å². The van der Waals surface area contributed by atoms with E-state index in [9.17, 15) is 14.9 Å². The standard InChI is InChI=1S/C17H14N4O3S2/c22-15(7-9-25-16-6-1-2-8-18-16)20-17-19-14(11-26-17)12-4-3-5-13(10-12)21(23)24/h1-6,8,10-11H,7,9H2,(H,19,20,22). The molecule has 0 unspecified atom stereocenters. The Bertz CT molecular complexity index is 915. The van der Waals surface area contributed by atoms with Crippen LogP contribution in [-0.4, -0.2) is 26.6 Å². The summed E-state index contributed by atoms with van der Waals surface area (Å²) in [5, 5.41) is 16.7. The number of carbonyl (C=O) groups is 1. The minimum absolute atomic E-state index is 0.00707. The van der Waals surface area contributed by atoms with E-state index in [4.69, 9.17) is 0 Å². The number of hydrogen-bond donors (Lipinski definition) is 1. The van der Waals surface area contributed by atoms with Gasteiger partial charge in [0.15, 0.2) is 5.13 Å². The number of anilines is 1.